The average molecular weight is 285 g/mol. The van der Waals surface area contributed by atoms with Crippen molar-refractivity contribution in [3.63, 3.8) is 0 Å². The van der Waals surface area contributed by atoms with Crippen LogP contribution in [0.25, 0.3) is 0 Å². The molecule has 0 unspecified atom stereocenters. The third-order valence-electron chi connectivity index (χ3n) is 1.07. The van der Waals surface area contributed by atoms with Crippen molar-refractivity contribution < 1.29 is 4.74 Å². The van der Waals surface area contributed by atoms with Crippen LogP contribution in [0, 0.1) is 0 Å². The maximum Gasteiger partial charge on any atom is 0.162 e. The van der Waals surface area contributed by atoms with Gasteiger partial charge in [-0.1, -0.05) is 0 Å². The molecule has 0 spiro atoms. The number of hydrogen-bond donors (Lipinski definition) is 0. The summed E-state index contributed by atoms with van der Waals surface area (Å²) in [6.07, 6.45) is 0. The smallest absolute Gasteiger partial charge is 0.162 e. The van der Waals surface area contributed by atoms with Crippen LogP contribution in [-0.2, 0) is 11.3 Å². The Labute approximate surface area is 81.2 Å². The lowest BCUT2D eigenvalue weighted by Crippen LogP contribution is -2.07. The van der Waals surface area contributed by atoms with E-state index in [4.69, 9.17) is 4.74 Å². The molecule has 0 aromatic carbocycles. The Morgan fingerprint density at radius 3 is 2.36 bits per heavy atom. The molecule has 0 aliphatic heterocycles. The number of halogens is 2. The highest BCUT2D eigenvalue weighted by Crippen LogP contribution is 2.16. The molecular weight excluding hydrogens is 278 g/mol. The highest BCUT2D eigenvalue weighted by Gasteiger charge is 2.03. The Hall–Kier alpha value is 0.0600. The summed E-state index contributed by atoms with van der Waals surface area (Å²) in [5.74, 6) is 0. The zero-order chi connectivity index (χ0) is 8.27. The van der Waals surface area contributed by atoms with Gasteiger partial charge >= 0.3 is 0 Å². The molecule has 1 heterocycles. The van der Waals surface area contributed by atoms with Gasteiger partial charge in [-0.15, -0.1) is 10.2 Å². The van der Waals surface area contributed by atoms with Gasteiger partial charge in [0.2, 0.25) is 0 Å². The SMILES string of the molecule is COCCn1nc(Br)c(Br)n1. The molecule has 0 aliphatic carbocycles. The van der Waals surface area contributed by atoms with Gasteiger partial charge in [-0.05, 0) is 31.9 Å². The normalized spacial score (nSPS) is 10.5. The topological polar surface area (TPSA) is 39.9 Å². The fourth-order valence-electron chi connectivity index (χ4n) is 0.581. The van der Waals surface area contributed by atoms with E-state index in [0.29, 0.717) is 22.4 Å². The van der Waals surface area contributed by atoms with Crippen LogP contribution in [0.2, 0.25) is 0 Å². The Balaban J connectivity index is 2.58. The summed E-state index contributed by atoms with van der Waals surface area (Å²) in [5.41, 5.74) is 0. The first-order valence-electron chi connectivity index (χ1n) is 2.99. The van der Waals surface area contributed by atoms with Gasteiger partial charge in [0.15, 0.2) is 9.21 Å². The summed E-state index contributed by atoms with van der Waals surface area (Å²) in [4.78, 5) is 1.57. The molecule has 0 radical (unpaired) electrons. The molecule has 0 fully saturated rings. The first-order valence-corrected chi connectivity index (χ1v) is 4.57. The summed E-state index contributed by atoms with van der Waals surface area (Å²) < 4.78 is 6.30. The van der Waals surface area contributed by atoms with Crippen LogP contribution >= 0.6 is 31.9 Å². The van der Waals surface area contributed by atoms with Gasteiger partial charge in [0, 0.05) is 7.11 Å². The molecule has 0 saturated heterocycles. The van der Waals surface area contributed by atoms with Crippen LogP contribution in [-0.4, -0.2) is 28.7 Å². The fraction of sp³-hybridized carbons (Fsp3) is 0.600. The molecule has 62 valence electrons. The minimum absolute atomic E-state index is 0.619. The van der Waals surface area contributed by atoms with E-state index in [9.17, 15) is 0 Å². The molecule has 0 aliphatic rings. The second-order valence-corrected chi connectivity index (χ2v) is 3.37. The zero-order valence-corrected chi connectivity index (χ0v) is 9.09. The van der Waals surface area contributed by atoms with Crippen molar-refractivity contribution in [3.05, 3.63) is 9.21 Å². The van der Waals surface area contributed by atoms with Crippen molar-refractivity contribution in [2.75, 3.05) is 13.7 Å². The van der Waals surface area contributed by atoms with Gasteiger partial charge in [0.25, 0.3) is 0 Å². The number of hydrogen-bond acceptors (Lipinski definition) is 3. The maximum absolute atomic E-state index is 4.86. The quantitative estimate of drug-likeness (QED) is 0.843. The largest absolute Gasteiger partial charge is 0.383 e. The molecule has 4 nitrogen and oxygen atoms in total. The Bertz CT molecular complexity index is 218. The molecular formula is C5H7Br2N3O. The van der Waals surface area contributed by atoms with E-state index in [-0.39, 0.29) is 0 Å². The van der Waals surface area contributed by atoms with E-state index in [1.165, 1.54) is 0 Å². The number of nitrogens with zero attached hydrogens (tertiary/aromatic N) is 3. The molecule has 0 amide bonds. The Morgan fingerprint density at radius 1 is 1.36 bits per heavy atom. The first kappa shape index (κ1) is 9.15. The summed E-state index contributed by atoms with van der Waals surface area (Å²) in [5, 5.41) is 8.09. The summed E-state index contributed by atoms with van der Waals surface area (Å²) >= 11 is 6.45. The van der Waals surface area contributed by atoms with Crippen molar-refractivity contribution >= 4 is 31.9 Å². The van der Waals surface area contributed by atoms with E-state index >= 15 is 0 Å². The lowest BCUT2D eigenvalue weighted by atomic mass is 10.7. The van der Waals surface area contributed by atoms with Gasteiger partial charge < -0.3 is 4.74 Å². The van der Waals surface area contributed by atoms with Crippen LogP contribution in [0.3, 0.4) is 0 Å². The Morgan fingerprint density at radius 2 is 1.91 bits per heavy atom. The van der Waals surface area contributed by atoms with Crippen molar-refractivity contribution in [2.24, 2.45) is 0 Å². The standard InChI is InChI=1S/C5H7Br2N3O/c1-11-3-2-10-8-4(6)5(7)9-10/h2-3H2,1H3. The number of methoxy groups -OCH3 is 1. The second-order valence-electron chi connectivity index (χ2n) is 1.87. The molecule has 1 rings (SSSR count). The minimum atomic E-state index is 0.619. The molecule has 11 heavy (non-hydrogen) atoms. The van der Waals surface area contributed by atoms with E-state index in [0.717, 1.165) is 0 Å². The third-order valence-corrected chi connectivity index (χ3v) is 2.67. The lowest BCUT2D eigenvalue weighted by molar-refractivity contribution is 0.178. The minimum Gasteiger partial charge on any atom is -0.383 e. The summed E-state index contributed by atoms with van der Waals surface area (Å²) in [7, 11) is 1.65. The molecule has 0 N–H and O–H groups in total. The molecule has 0 saturated carbocycles. The van der Waals surface area contributed by atoms with Gasteiger partial charge in [-0.25, -0.2) is 0 Å². The van der Waals surface area contributed by atoms with E-state index in [2.05, 4.69) is 42.1 Å². The first-order chi connectivity index (χ1) is 5.24. The van der Waals surface area contributed by atoms with E-state index < -0.39 is 0 Å². The van der Waals surface area contributed by atoms with Crippen LogP contribution in [0.15, 0.2) is 9.21 Å². The predicted molar refractivity (Wildman–Crippen MR) is 47.3 cm³/mol. The summed E-state index contributed by atoms with van der Waals surface area (Å²) in [6, 6.07) is 0. The van der Waals surface area contributed by atoms with E-state index in [1.807, 2.05) is 0 Å². The van der Waals surface area contributed by atoms with Crippen molar-refractivity contribution in [1.82, 2.24) is 15.0 Å². The van der Waals surface area contributed by atoms with Crippen LogP contribution in [0.4, 0.5) is 0 Å². The lowest BCUT2D eigenvalue weighted by Gasteiger charge is -1.95. The highest BCUT2D eigenvalue weighted by atomic mass is 79.9. The average Bonchev–Trinajstić information content (AvgIpc) is 2.28. The van der Waals surface area contributed by atoms with Gasteiger partial charge in [0.1, 0.15) is 0 Å². The van der Waals surface area contributed by atoms with Crippen molar-refractivity contribution in [2.45, 2.75) is 6.54 Å². The highest BCUT2D eigenvalue weighted by molar-refractivity contribution is 9.13. The van der Waals surface area contributed by atoms with Crippen LogP contribution in [0.5, 0.6) is 0 Å². The second kappa shape index (κ2) is 4.18. The molecule has 0 atom stereocenters. The van der Waals surface area contributed by atoms with Gasteiger partial charge in [-0.3, -0.25) is 0 Å². The maximum atomic E-state index is 4.86. The van der Waals surface area contributed by atoms with E-state index in [1.54, 1.807) is 11.9 Å². The number of rotatable bonds is 3. The molecule has 1 aromatic heterocycles. The van der Waals surface area contributed by atoms with Gasteiger partial charge in [-0.2, -0.15) is 4.80 Å². The van der Waals surface area contributed by atoms with Crippen molar-refractivity contribution in [1.29, 1.82) is 0 Å². The monoisotopic (exact) mass is 283 g/mol. The van der Waals surface area contributed by atoms with Crippen molar-refractivity contribution in [3.8, 4) is 0 Å². The Kier molecular flexibility index (Phi) is 3.47. The fourth-order valence-corrected chi connectivity index (χ4v) is 1.11. The third kappa shape index (κ3) is 2.53. The molecule has 1 aromatic rings. The number of ether oxygens (including phenoxy) is 1. The molecule has 6 heteroatoms. The van der Waals surface area contributed by atoms with Crippen LogP contribution in [0.1, 0.15) is 0 Å². The summed E-state index contributed by atoms with van der Waals surface area (Å²) in [6.45, 7) is 1.29. The molecule has 0 bridgehead atoms. The van der Waals surface area contributed by atoms with Crippen LogP contribution < -0.4 is 0 Å². The van der Waals surface area contributed by atoms with Gasteiger partial charge in [0.05, 0.1) is 13.2 Å². The predicted octanol–water partition coefficient (Wildman–Crippen LogP) is 1.45. The zero-order valence-electron chi connectivity index (χ0n) is 5.92. The number of aromatic nitrogens is 3.